The van der Waals surface area contributed by atoms with Gasteiger partial charge >= 0.3 is 5.97 Å². The normalized spacial score (nSPS) is 19.1. The van der Waals surface area contributed by atoms with E-state index in [2.05, 4.69) is 19.2 Å². The van der Waals surface area contributed by atoms with Crippen molar-refractivity contribution in [1.29, 1.82) is 0 Å². The number of hydrogen-bond acceptors (Lipinski definition) is 6. The minimum absolute atomic E-state index is 0.0321. The number of allylic oxidation sites excluding steroid dienone is 3. The number of ether oxygens (including phenoxy) is 3. The molecule has 0 radical (unpaired) electrons. The van der Waals surface area contributed by atoms with Gasteiger partial charge in [0.1, 0.15) is 6.61 Å². The lowest BCUT2D eigenvalue weighted by Crippen LogP contribution is -2.38. The van der Waals surface area contributed by atoms with Crippen molar-refractivity contribution in [3.63, 3.8) is 0 Å². The van der Waals surface area contributed by atoms with E-state index in [0.717, 1.165) is 23.2 Å². The Kier molecular flexibility index (Phi) is 6.95. The highest BCUT2D eigenvalue weighted by Crippen LogP contribution is 2.47. The largest absolute Gasteiger partial charge is 0.493 e. The van der Waals surface area contributed by atoms with Crippen LogP contribution in [0.25, 0.3) is 0 Å². The molecule has 2 aromatic rings. The van der Waals surface area contributed by atoms with Gasteiger partial charge in [-0.1, -0.05) is 43.6 Å². The lowest BCUT2D eigenvalue weighted by atomic mass is 9.68. The van der Waals surface area contributed by atoms with Crippen LogP contribution in [0.15, 0.2) is 65.0 Å². The van der Waals surface area contributed by atoms with Crippen molar-refractivity contribution in [1.82, 2.24) is 5.32 Å². The Bertz CT molecular complexity index is 1230. The highest BCUT2D eigenvalue weighted by atomic mass is 35.5. The van der Waals surface area contributed by atoms with Crippen molar-refractivity contribution in [3.8, 4) is 11.5 Å². The monoisotopic (exact) mass is 495 g/mol. The Balaban J connectivity index is 1.73. The van der Waals surface area contributed by atoms with E-state index in [1.807, 2.05) is 49.4 Å². The van der Waals surface area contributed by atoms with Crippen LogP contribution >= 0.6 is 11.6 Å². The predicted molar refractivity (Wildman–Crippen MR) is 134 cm³/mol. The summed E-state index contributed by atoms with van der Waals surface area (Å²) in [6, 6.07) is 13.0. The van der Waals surface area contributed by atoms with Crippen molar-refractivity contribution >= 4 is 23.4 Å². The maximum atomic E-state index is 13.4. The van der Waals surface area contributed by atoms with Crippen LogP contribution < -0.4 is 14.8 Å². The number of benzene rings is 2. The number of carbonyl (C=O) groups excluding carboxylic acids is 2. The van der Waals surface area contributed by atoms with Crippen molar-refractivity contribution in [2.24, 2.45) is 5.41 Å². The molecule has 1 aliphatic carbocycles. The molecule has 0 bridgehead atoms. The van der Waals surface area contributed by atoms with Crippen LogP contribution in [-0.2, 0) is 20.9 Å². The molecule has 0 aromatic heterocycles. The molecule has 2 aromatic carbocycles. The summed E-state index contributed by atoms with van der Waals surface area (Å²) < 4.78 is 16.7. The van der Waals surface area contributed by atoms with Crippen LogP contribution in [0.2, 0.25) is 5.02 Å². The number of hydrogen-bond donors (Lipinski definition) is 1. The van der Waals surface area contributed by atoms with Gasteiger partial charge < -0.3 is 19.5 Å². The highest BCUT2D eigenvalue weighted by Gasteiger charge is 2.43. The second-order valence-corrected chi connectivity index (χ2v) is 10.2. The molecule has 1 atom stereocenters. The van der Waals surface area contributed by atoms with Crippen LogP contribution in [0.3, 0.4) is 0 Å². The molecule has 0 saturated carbocycles. The first-order valence-corrected chi connectivity index (χ1v) is 11.9. The van der Waals surface area contributed by atoms with Crippen LogP contribution in [0.4, 0.5) is 0 Å². The molecule has 7 heteroatoms. The third kappa shape index (κ3) is 5.08. The zero-order chi connectivity index (χ0) is 25.3. The molecule has 1 unspecified atom stereocenters. The fourth-order valence-corrected chi connectivity index (χ4v) is 5.00. The van der Waals surface area contributed by atoms with E-state index in [4.69, 9.17) is 25.8 Å². The lowest BCUT2D eigenvalue weighted by Gasteiger charge is -2.39. The smallest absolute Gasteiger partial charge is 0.336 e. The lowest BCUT2D eigenvalue weighted by molar-refractivity contribution is -0.136. The Labute approximate surface area is 210 Å². The van der Waals surface area contributed by atoms with Gasteiger partial charge in [-0.05, 0) is 54.2 Å². The van der Waals surface area contributed by atoms with Crippen molar-refractivity contribution in [3.05, 3.63) is 81.2 Å². The molecular formula is C28H30ClNO5. The van der Waals surface area contributed by atoms with Gasteiger partial charge in [0.05, 0.1) is 19.8 Å². The highest BCUT2D eigenvalue weighted by molar-refractivity contribution is 6.30. The second-order valence-electron chi connectivity index (χ2n) is 9.75. The first kappa shape index (κ1) is 24.9. The standard InChI is InChI=1S/C28H30ClNO5/c1-16-24(27(32)34-5)25(26-20(30-16)13-28(2,3)14-21(26)31)18-8-11-22(23(12-18)33-4)35-15-17-6-9-19(29)10-7-17/h6-12,25,30H,13-15H2,1-5H3. The van der Waals surface area contributed by atoms with E-state index in [0.29, 0.717) is 46.4 Å². The summed E-state index contributed by atoms with van der Waals surface area (Å²) in [7, 11) is 2.92. The molecule has 0 spiro atoms. The van der Waals surface area contributed by atoms with Gasteiger partial charge in [-0.15, -0.1) is 0 Å². The number of nitrogens with one attached hydrogen (secondary N) is 1. The fourth-order valence-electron chi connectivity index (χ4n) is 4.87. The van der Waals surface area contributed by atoms with Gasteiger partial charge in [0, 0.05) is 34.3 Å². The zero-order valence-corrected chi connectivity index (χ0v) is 21.4. The van der Waals surface area contributed by atoms with Gasteiger partial charge in [-0.2, -0.15) is 0 Å². The average molecular weight is 496 g/mol. The topological polar surface area (TPSA) is 73.9 Å². The van der Waals surface area contributed by atoms with Crippen molar-refractivity contribution in [2.75, 3.05) is 14.2 Å². The number of methoxy groups -OCH3 is 2. The first-order valence-electron chi connectivity index (χ1n) is 11.5. The summed E-state index contributed by atoms with van der Waals surface area (Å²) in [4.78, 5) is 26.2. The minimum atomic E-state index is -0.554. The summed E-state index contributed by atoms with van der Waals surface area (Å²) in [5, 5.41) is 3.99. The van der Waals surface area contributed by atoms with Crippen LogP contribution in [0.5, 0.6) is 11.5 Å². The van der Waals surface area contributed by atoms with E-state index < -0.39 is 11.9 Å². The number of esters is 1. The molecule has 0 fully saturated rings. The number of dihydropyridines is 1. The Morgan fingerprint density at radius 3 is 2.46 bits per heavy atom. The molecule has 2 aliphatic rings. The maximum absolute atomic E-state index is 13.4. The van der Waals surface area contributed by atoms with Crippen molar-refractivity contribution in [2.45, 2.75) is 46.1 Å². The summed E-state index contributed by atoms with van der Waals surface area (Å²) >= 11 is 5.97. The second kappa shape index (κ2) is 9.78. The van der Waals surface area contributed by atoms with Crippen LogP contribution in [-0.4, -0.2) is 26.0 Å². The number of carbonyl (C=O) groups is 2. The van der Waals surface area contributed by atoms with Gasteiger partial charge in [-0.3, -0.25) is 4.79 Å². The summed E-state index contributed by atoms with van der Waals surface area (Å²) in [6.45, 7) is 6.34. The van der Waals surface area contributed by atoms with Gasteiger partial charge in [-0.25, -0.2) is 4.79 Å². The third-order valence-electron chi connectivity index (χ3n) is 6.47. The number of ketones is 1. The van der Waals surface area contributed by atoms with Gasteiger partial charge in [0.15, 0.2) is 17.3 Å². The first-order chi connectivity index (χ1) is 16.6. The molecule has 6 nitrogen and oxygen atoms in total. The molecule has 0 amide bonds. The van der Waals surface area contributed by atoms with E-state index in [-0.39, 0.29) is 11.2 Å². The fraction of sp³-hybridized carbons (Fsp3) is 0.357. The van der Waals surface area contributed by atoms with E-state index >= 15 is 0 Å². The number of halogens is 1. The summed E-state index contributed by atoms with van der Waals surface area (Å²) in [5.74, 6) is 0.0887. The Morgan fingerprint density at radius 2 is 1.80 bits per heavy atom. The quantitative estimate of drug-likeness (QED) is 0.518. The SMILES string of the molecule is COC(=O)C1=C(C)NC2=C(C(=O)CC(C)(C)C2)C1c1ccc(OCc2ccc(Cl)cc2)c(OC)c1. The Morgan fingerprint density at radius 1 is 1.09 bits per heavy atom. The predicted octanol–water partition coefficient (Wildman–Crippen LogP) is 5.70. The molecule has 1 heterocycles. The van der Waals surface area contributed by atoms with Crippen molar-refractivity contribution < 1.29 is 23.8 Å². The van der Waals surface area contributed by atoms with E-state index in [9.17, 15) is 9.59 Å². The molecule has 184 valence electrons. The maximum Gasteiger partial charge on any atom is 0.336 e. The van der Waals surface area contributed by atoms with Gasteiger partial charge in [0.25, 0.3) is 0 Å². The summed E-state index contributed by atoms with van der Waals surface area (Å²) in [6.07, 6.45) is 1.13. The summed E-state index contributed by atoms with van der Waals surface area (Å²) in [5.41, 5.74) is 4.17. The van der Waals surface area contributed by atoms with Gasteiger partial charge in [0.2, 0.25) is 0 Å². The van der Waals surface area contributed by atoms with Crippen LogP contribution in [0.1, 0.15) is 50.7 Å². The third-order valence-corrected chi connectivity index (χ3v) is 6.73. The number of Topliss-reactive ketones (excluding diaryl/α,β-unsaturated/α-hetero) is 1. The molecule has 1 aliphatic heterocycles. The molecule has 4 rings (SSSR count). The molecule has 35 heavy (non-hydrogen) atoms. The van der Waals surface area contributed by atoms with E-state index in [1.165, 1.54) is 7.11 Å². The molecule has 0 saturated heterocycles. The molecule has 1 N–H and O–H groups in total. The average Bonchev–Trinajstić information content (AvgIpc) is 2.81. The number of rotatable bonds is 6. The van der Waals surface area contributed by atoms with Crippen LogP contribution in [0, 0.1) is 5.41 Å². The Hall–Kier alpha value is -3.25. The van der Waals surface area contributed by atoms with E-state index in [1.54, 1.807) is 7.11 Å². The minimum Gasteiger partial charge on any atom is -0.493 e. The molecular weight excluding hydrogens is 466 g/mol. The zero-order valence-electron chi connectivity index (χ0n) is 20.7.